The number of nitriles is 1. The monoisotopic (exact) mass is 443 g/mol. The van der Waals surface area contributed by atoms with Gasteiger partial charge >= 0.3 is 0 Å². The van der Waals surface area contributed by atoms with Crippen molar-refractivity contribution in [1.29, 1.82) is 5.26 Å². The number of likely N-dealkylation sites (tertiary alicyclic amines) is 1. The summed E-state index contributed by atoms with van der Waals surface area (Å²) >= 11 is 0. The Morgan fingerprint density at radius 2 is 1.64 bits per heavy atom. The number of hydrogen-bond acceptors (Lipinski definition) is 3. The highest BCUT2D eigenvalue weighted by Gasteiger charge is 2.23. The highest BCUT2D eigenvalue weighted by molar-refractivity contribution is 5.95. The summed E-state index contributed by atoms with van der Waals surface area (Å²) in [6.45, 7) is 1.68. The van der Waals surface area contributed by atoms with Crippen LogP contribution >= 0.6 is 0 Å². The summed E-state index contributed by atoms with van der Waals surface area (Å²) in [7, 11) is 0. The Morgan fingerprint density at radius 3 is 2.33 bits per heavy atom. The van der Waals surface area contributed by atoms with Gasteiger partial charge in [0.05, 0.1) is 6.07 Å². The van der Waals surface area contributed by atoms with E-state index in [9.17, 15) is 14.9 Å². The number of nitrogens with zero attached hydrogens (tertiary/aromatic N) is 2. The second-order valence-corrected chi connectivity index (χ2v) is 9.36. The van der Waals surface area contributed by atoms with Crippen LogP contribution in [0.25, 0.3) is 11.1 Å². The van der Waals surface area contributed by atoms with Crippen LogP contribution < -0.4 is 5.32 Å². The Balaban J connectivity index is 1.39. The average molecular weight is 444 g/mol. The van der Waals surface area contributed by atoms with E-state index < -0.39 is 6.04 Å². The zero-order valence-electron chi connectivity index (χ0n) is 19.3. The van der Waals surface area contributed by atoms with Gasteiger partial charge in [0.15, 0.2) is 0 Å². The molecular weight excluding hydrogens is 410 g/mol. The Kier molecular flexibility index (Phi) is 7.78. The molecule has 1 aliphatic heterocycles. The van der Waals surface area contributed by atoms with Crippen molar-refractivity contribution in [3.05, 3.63) is 59.7 Å². The first kappa shape index (κ1) is 23.0. The molecule has 5 heteroatoms. The number of nitrogens with one attached hydrogen (secondary N) is 1. The molecule has 4 rings (SSSR count). The van der Waals surface area contributed by atoms with Gasteiger partial charge < -0.3 is 10.2 Å². The molecule has 2 amide bonds. The van der Waals surface area contributed by atoms with Gasteiger partial charge in [0.25, 0.3) is 5.91 Å². The van der Waals surface area contributed by atoms with Crippen LogP contribution in [0.4, 0.5) is 0 Å². The van der Waals surface area contributed by atoms with Gasteiger partial charge in [0.1, 0.15) is 6.04 Å². The molecule has 0 radical (unpaired) electrons. The van der Waals surface area contributed by atoms with Crippen molar-refractivity contribution < 1.29 is 9.59 Å². The summed E-state index contributed by atoms with van der Waals surface area (Å²) in [5.41, 5.74) is 3.78. The molecule has 2 aliphatic rings. The van der Waals surface area contributed by atoms with Crippen LogP contribution in [0.3, 0.4) is 0 Å². The molecule has 2 aromatic carbocycles. The molecule has 5 nitrogen and oxygen atoms in total. The number of hydrogen-bond donors (Lipinski definition) is 1. The Hall–Kier alpha value is -3.13. The van der Waals surface area contributed by atoms with Crippen molar-refractivity contribution in [2.75, 3.05) is 13.1 Å². The van der Waals surface area contributed by atoms with Crippen LogP contribution in [0.2, 0.25) is 0 Å². The maximum Gasteiger partial charge on any atom is 0.253 e. The number of rotatable bonds is 6. The van der Waals surface area contributed by atoms with Gasteiger partial charge in [-0.25, -0.2) is 0 Å². The highest BCUT2D eigenvalue weighted by atomic mass is 16.2. The van der Waals surface area contributed by atoms with E-state index in [2.05, 4.69) is 11.4 Å². The summed E-state index contributed by atoms with van der Waals surface area (Å²) in [4.78, 5) is 27.3. The van der Waals surface area contributed by atoms with E-state index in [1.807, 2.05) is 53.4 Å². The van der Waals surface area contributed by atoms with Gasteiger partial charge in [-0.3, -0.25) is 9.59 Å². The van der Waals surface area contributed by atoms with E-state index in [0.29, 0.717) is 6.42 Å². The fourth-order valence-corrected chi connectivity index (χ4v) is 4.96. The maximum atomic E-state index is 12.9. The van der Waals surface area contributed by atoms with Crippen molar-refractivity contribution in [3.63, 3.8) is 0 Å². The van der Waals surface area contributed by atoms with E-state index >= 15 is 0 Å². The van der Waals surface area contributed by atoms with Gasteiger partial charge in [0, 0.05) is 31.0 Å². The van der Waals surface area contributed by atoms with E-state index in [-0.39, 0.29) is 17.7 Å². The predicted octanol–water partition coefficient (Wildman–Crippen LogP) is 5.11. The lowest BCUT2D eigenvalue weighted by Gasteiger charge is -2.26. The zero-order valence-corrected chi connectivity index (χ0v) is 19.3. The lowest BCUT2D eigenvalue weighted by Crippen LogP contribution is -2.40. The summed E-state index contributed by atoms with van der Waals surface area (Å²) < 4.78 is 0. The molecular formula is C28H33N3O2. The molecule has 1 heterocycles. The van der Waals surface area contributed by atoms with Crippen LogP contribution in [-0.2, 0) is 11.2 Å². The third-order valence-corrected chi connectivity index (χ3v) is 6.93. The number of carbonyl (C=O) groups is 2. The summed E-state index contributed by atoms with van der Waals surface area (Å²) in [5, 5.41) is 12.5. The summed E-state index contributed by atoms with van der Waals surface area (Å²) in [6, 6.07) is 17.6. The van der Waals surface area contributed by atoms with E-state index in [0.717, 1.165) is 73.9 Å². The third-order valence-electron chi connectivity index (χ3n) is 6.93. The lowest BCUT2D eigenvalue weighted by atomic mass is 9.88. The van der Waals surface area contributed by atoms with E-state index in [1.54, 1.807) is 0 Å². The predicted molar refractivity (Wildman–Crippen MR) is 129 cm³/mol. The van der Waals surface area contributed by atoms with Gasteiger partial charge in [-0.2, -0.15) is 5.26 Å². The first-order valence-electron chi connectivity index (χ1n) is 12.3. The molecule has 1 atom stereocenters. The molecule has 172 valence electrons. The normalized spacial score (nSPS) is 17.7. The van der Waals surface area contributed by atoms with Crippen molar-refractivity contribution >= 4 is 11.8 Å². The standard InChI is InChI=1S/C28H33N3O2/c29-20-26(30-27(32)23-8-3-1-4-9-23)18-21-12-14-22(15-13-21)24-10-7-11-25(19-24)28(33)31-16-5-2-6-17-31/h7,10-15,19,23,26H,1-6,8-9,16-18H2,(H,30,32)/t26-/m0/s1. The number of piperidine rings is 1. The maximum absolute atomic E-state index is 12.9. The Bertz CT molecular complexity index is 997. The summed E-state index contributed by atoms with van der Waals surface area (Å²) in [6.07, 6.45) is 9.11. The number of carbonyl (C=O) groups excluding carboxylic acids is 2. The van der Waals surface area contributed by atoms with Gasteiger partial charge in [-0.05, 0) is 60.9 Å². The quantitative estimate of drug-likeness (QED) is 0.674. The molecule has 0 spiro atoms. The number of benzene rings is 2. The van der Waals surface area contributed by atoms with Crippen LogP contribution in [0, 0.1) is 17.2 Å². The molecule has 0 unspecified atom stereocenters. The minimum absolute atomic E-state index is 0.0213. The first-order valence-corrected chi connectivity index (χ1v) is 12.3. The molecule has 33 heavy (non-hydrogen) atoms. The van der Waals surface area contributed by atoms with E-state index in [4.69, 9.17) is 0 Å². The topological polar surface area (TPSA) is 73.2 Å². The van der Waals surface area contributed by atoms with Crippen LogP contribution in [0.15, 0.2) is 48.5 Å². The highest BCUT2D eigenvalue weighted by Crippen LogP contribution is 2.25. The minimum Gasteiger partial charge on any atom is -0.340 e. The number of amides is 2. The minimum atomic E-state index is -0.518. The molecule has 0 aromatic heterocycles. The molecule has 1 saturated carbocycles. The Labute approximate surface area is 196 Å². The lowest BCUT2D eigenvalue weighted by molar-refractivity contribution is -0.126. The van der Waals surface area contributed by atoms with Crippen molar-refractivity contribution in [1.82, 2.24) is 10.2 Å². The molecule has 2 aromatic rings. The van der Waals surface area contributed by atoms with Crippen LogP contribution in [0.5, 0.6) is 0 Å². The van der Waals surface area contributed by atoms with Gasteiger partial charge in [-0.1, -0.05) is 55.7 Å². The second kappa shape index (κ2) is 11.1. The van der Waals surface area contributed by atoms with Crippen LogP contribution in [-0.4, -0.2) is 35.8 Å². The molecule has 1 saturated heterocycles. The molecule has 1 N–H and O–H groups in total. The Morgan fingerprint density at radius 1 is 0.939 bits per heavy atom. The molecule has 1 aliphatic carbocycles. The van der Waals surface area contributed by atoms with Gasteiger partial charge in [-0.15, -0.1) is 0 Å². The molecule has 0 bridgehead atoms. The van der Waals surface area contributed by atoms with Crippen molar-refractivity contribution in [2.45, 2.75) is 63.8 Å². The van der Waals surface area contributed by atoms with Gasteiger partial charge in [0.2, 0.25) is 5.91 Å². The fourth-order valence-electron chi connectivity index (χ4n) is 4.96. The van der Waals surface area contributed by atoms with E-state index in [1.165, 1.54) is 12.8 Å². The summed E-state index contributed by atoms with van der Waals surface area (Å²) in [5.74, 6) is 0.184. The smallest absolute Gasteiger partial charge is 0.253 e. The average Bonchev–Trinajstić information content (AvgIpc) is 2.89. The van der Waals surface area contributed by atoms with Crippen molar-refractivity contribution in [2.24, 2.45) is 5.92 Å². The first-order chi connectivity index (χ1) is 16.1. The fraction of sp³-hybridized carbons (Fsp3) is 0.464. The second-order valence-electron chi connectivity index (χ2n) is 9.36. The third kappa shape index (κ3) is 6.01. The van der Waals surface area contributed by atoms with Crippen LogP contribution in [0.1, 0.15) is 67.3 Å². The zero-order chi connectivity index (χ0) is 23.0. The van der Waals surface area contributed by atoms with Crippen molar-refractivity contribution in [3.8, 4) is 17.2 Å². The largest absolute Gasteiger partial charge is 0.340 e. The SMILES string of the molecule is N#C[C@H](Cc1ccc(-c2cccc(C(=O)N3CCCCC3)c2)cc1)NC(=O)C1CCCCC1. The molecule has 2 fully saturated rings.